The number of methoxy groups -OCH3 is 1. The summed E-state index contributed by atoms with van der Waals surface area (Å²) in [5.74, 6) is 1.47. The Morgan fingerprint density at radius 3 is 2.58 bits per heavy atom. The molecule has 3 N–H and O–H groups in total. The second-order valence-electron chi connectivity index (χ2n) is 6.96. The van der Waals surface area contributed by atoms with Crippen LogP contribution < -0.4 is 20.3 Å². The molecule has 2 aromatic carbocycles. The molecule has 1 aromatic heterocycles. The van der Waals surface area contributed by atoms with Crippen LogP contribution in [-0.4, -0.2) is 47.0 Å². The first-order valence-electron chi connectivity index (χ1n) is 10.1. The van der Waals surface area contributed by atoms with Crippen molar-refractivity contribution in [2.45, 2.75) is 19.9 Å². The van der Waals surface area contributed by atoms with Crippen LogP contribution in [0.1, 0.15) is 18.9 Å². The number of hydrogen-bond donors (Lipinski definition) is 3. The Morgan fingerprint density at radius 2 is 1.90 bits per heavy atom. The zero-order valence-electron chi connectivity index (χ0n) is 17.7. The number of fused-ring (bicyclic) bond motifs is 1. The number of aliphatic hydroxyl groups excluding tert-OH is 1. The van der Waals surface area contributed by atoms with Crippen LogP contribution in [0.3, 0.4) is 0 Å². The van der Waals surface area contributed by atoms with Crippen LogP contribution in [0.5, 0.6) is 11.5 Å². The van der Waals surface area contributed by atoms with Gasteiger partial charge in [-0.2, -0.15) is 0 Å². The van der Waals surface area contributed by atoms with E-state index in [1.165, 1.54) is 0 Å². The Kier molecular flexibility index (Phi) is 7.86. The average molecular weight is 442 g/mol. The molecular formula is C23H27N3O4S. The van der Waals surface area contributed by atoms with Gasteiger partial charge in [0.25, 0.3) is 5.56 Å². The standard InChI is InChI=1S/C23H27N3O4S/c1-3-30-19-9-6-18(7-10-19)24-23(31)26(11-4-12-27)15-17-13-16-5-8-20(29-2)14-21(16)25-22(17)28/h5-10,13-14,27H,3-4,11-12,15H2,1-2H3,(H,24,31)(H,25,28). The molecule has 0 aliphatic heterocycles. The lowest BCUT2D eigenvalue weighted by molar-refractivity contribution is 0.265. The molecule has 0 atom stereocenters. The molecule has 164 valence electrons. The molecule has 1 heterocycles. The first kappa shape index (κ1) is 22.6. The summed E-state index contributed by atoms with van der Waals surface area (Å²) in [5, 5.41) is 13.9. The summed E-state index contributed by atoms with van der Waals surface area (Å²) in [4.78, 5) is 17.5. The number of anilines is 1. The molecule has 0 bridgehead atoms. The van der Waals surface area contributed by atoms with Crippen LogP contribution >= 0.6 is 12.2 Å². The Bertz CT molecular complexity index is 1080. The van der Waals surface area contributed by atoms with Crippen molar-refractivity contribution in [3.05, 3.63) is 64.4 Å². The molecular weight excluding hydrogens is 414 g/mol. The zero-order chi connectivity index (χ0) is 22.2. The average Bonchev–Trinajstić information content (AvgIpc) is 2.78. The van der Waals surface area contributed by atoms with E-state index in [1.54, 1.807) is 13.2 Å². The maximum absolute atomic E-state index is 12.7. The predicted octanol–water partition coefficient (Wildman–Crippen LogP) is 3.52. The third-order valence-electron chi connectivity index (χ3n) is 4.78. The van der Waals surface area contributed by atoms with E-state index in [9.17, 15) is 9.90 Å². The highest BCUT2D eigenvalue weighted by molar-refractivity contribution is 7.80. The third kappa shape index (κ3) is 5.96. The maximum atomic E-state index is 12.7. The predicted molar refractivity (Wildman–Crippen MR) is 127 cm³/mol. The van der Waals surface area contributed by atoms with E-state index in [1.807, 2.05) is 54.3 Å². The van der Waals surface area contributed by atoms with Crippen molar-refractivity contribution in [2.75, 3.05) is 32.2 Å². The molecule has 0 saturated heterocycles. The Balaban J connectivity index is 1.79. The van der Waals surface area contributed by atoms with E-state index in [4.69, 9.17) is 21.7 Å². The Labute approximate surface area is 186 Å². The molecule has 0 aliphatic carbocycles. The van der Waals surface area contributed by atoms with Crippen LogP contribution in [0.2, 0.25) is 0 Å². The van der Waals surface area contributed by atoms with Gasteiger partial charge in [-0.3, -0.25) is 4.79 Å². The highest BCUT2D eigenvalue weighted by Crippen LogP contribution is 2.20. The number of H-pyrrole nitrogens is 1. The summed E-state index contributed by atoms with van der Waals surface area (Å²) in [7, 11) is 1.59. The number of thiocarbonyl (C=S) groups is 1. The van der Waals surface area contributed by atoms with E-state index in [2.05, 4.69) is 10.3 Å². The summed E-state index contributed by atoms with van der Waals surface area (Å²) < 4.78 is 10.7. The highest BCUT2D eigenvalue weighted by Gasteiger charge is 2.14. The van der Waals surface area contributed by atoms with Crippen molar-refractivity contribution >= 4 is 33.9 Å². The number of rotatable bonds is 9. The number of ether oxygens (including phenoxy) is 2. The van der Waals surface area contributed by atoms with E-state index >= 15 is 0 Å². The lowest BCUT2D eigenvalue weighted by Gasteiger charge is -2.25. The SMILES string of the molecule is CCOc1ccc(NC(=S)N(CCCO)Cc2cc3ccc(OC)cc3[nH]c2=O)cc1. The number of aliphatic hydroxyl groups is 1. The van der Waals surface area contributed by atoms with Gasteiger partial charge in [0.1, 0.15) is 11.5 Å². The highest BCUT2D eigenvalue weighted by atomic mass is 32.1. The van der Waals surface area contributed by atoms with Crippen molar-refractivity contribution in [1.82, 2.24) is 9.88 Å². The van der Waals surface area contributed by atoms with Gasteiger partial charge < -0.3 is 29.8 Å². The normalized spacial score (nSPS) is 10.7. The smallest absolute Gasteiger partial charge is 0.253 e. The molecule has 0 radical (unpaired) electrons. The summed E-state index contributed by atoms with van der Waals surface area (Å²) in [6, 6.07) is 14.9. The summed E-state index contributed by atoms with van der Waals surface area (Å²) >= 11 is 5.60. The monoisotopic (exact) mass is 441 g/mol. The van der Waals surface area contributed by atoms with Crippen molar-refractivity contribution in [3.8, 4) is 11.5 Å². The minimum absolute atomic E-state index is 0.0377. The second-order valence-corrected chi connectivity index (χ2v) is 7.35. The van der Waals surface area contributed by atoms with Gasteiger partial charge in [-0.1, -0.05) is 0 Å². The van der Waals surface area contributed by atoms with Gasteiger partial charge in [-0.05, 0) is 73.4 Å². The fraction of sp³-hybridized carbons (Fsp3) is 0.304. The van der Waals surface area contributed by atoms with Crippen LogP contribution in [0.15, 0.2) is 53.3 Å². The molecule has 3 aromatic rings. The van der Waals surface area contributed by atoms with E-state index < -0.39 is 0 Å². The van der Waals surface area contributed by atoms with Crippen LogP contribution in [0.25, 0.3) is 10.9 Å². The van der Waals surface area contributed by atoms with Gasteiger partial charge in [0.2, 0.25) is 0 Å². The number of aromatic amines is 1. The lowest BCUT2D eigenvalue weighted by Crippen LogP contribution is -2.37. The number of pyridine rings is 1. The molecule has 0 saturated carbocycles. The number of aromatic nitrogens is 1. The van der Waals surface area contributed by atoms with Crippen LogP contribution in [0, 0.1) is 0 Å². The molecule has 0 spiro atoms. The van der Waals surface area contributed by atoms with Gasteiger partial charge >= 0.3 is 0 Å². The molecule has 8 heteroatoms. The van der Waals surface area contributed by atoms with E-state index in [-0.39, 0.29) is 12.2 Å². The fourth-order valence-electron chi connectivity index (χ4n) is 3.19. The number of benzene rings is 2. The third-order valence-corrected chi connectivity index (χ3v) is 5.14. The Hall–Kier alpha value is -3.10. The first-order chi connectivity index (χ1) is 15.0. The fourth-order valence-corrected chi connectivity index (χ4v) is 3.47. The van der Waals surface area contributed by atoms with Gasteiger partial charge in [-0.25, -0.2) is 0 Å². The minimum atomic E-state index is -0.182. The van der Waals surface area contributed by atoms with Gasteiger partial charge in [-0.15, -0.1) is 0 Å². The largest absolute Gasteiger partial charge is 0.497 e. The zero-order valence-corrected chi connectivity index (χ0v) is 18.5. The molecule has 31 heavy (non-hydrogen) atoms. The van der Waals surface area contributed by atoms with E-state index in [0.29, 0.717) is 48.1 Å². The number of hydrogen-bond acceptors (Lipinski definition) is 5. The van der Waals surface area contributed by atoms with Crippen molar-refractivity contribution < 1.29 is 14.6 Å². The summed E-state index contributed by atoms with van der Waals surface area (Å²) in [6.45, 7) is 3.41. The molecule has 0 fully saturated rings. The molecule has 0 amide bonds. The quantitative estimate of drug-likeness (QED) is 0.438. The maximum Gasteiger partial charge on any atom is 0.253 e. The topological polar surface area (TPSA) is 86.8 Å². The van der Waals surface area contributed by atoms with Crippen LogP contribution in [0.4, 0.5) is 5.69 Å². The summed E-state index contributed by atoms with van der Waals surface area (Å²) in [5.41, 5.74) is 1.94. The molecule has 7 nitrogen and oxygen atoms in total. The molecule has 0 unspecified atom stereocenters. The van der Waals surface area contributed by atoms with Crippen molar-refractivity contribution in [2.24, 2.45) is 0 Å². The minimum Gasteiger partial charge on any atom is -0.497 e. The van der Waals surface area contributed by atoms with Crippen LogP contribution in [-0.2, 0) is 6.54 Å². The van der Waals surface area contributed by atoms with Gasteiger partial charge in [0, 0.05) is 30.5 Å². The second kappa shape index (κ2) is 10.8. The molecule has 3 rings (SSSR count). The van der Waals surface area contributed by atoms with Gasteiger partial charge in [0.15, 0.2) is 5.11 Å². The summed E-state index contributed by atoms with van der Waals surface area (Å²) in [6.07, 6.45) is 0.535. The van der Waals surface area contributed by atoms with Gasteiger partial charge in [0.05, 0.1) is 25.8 Å². The number of nitrogens with zero attached hydrogens (tertiary/aromatic N) is 1. The number of nitrogens with one attached hydrogen (secondary N) is 2. The lowest BCUT2D eigenvalue weighted by atomic mass is 10.1. The van der Waals surface area contributed by atoms with E-state index in [0.717, 1.165) is 16.8 Å². The van der Waals surface area contributed by atoms with Crippen molar-refractivity contribution in [1.29, 1.82) is 0 Å². The van der Waals surface area contributed by atoms with Crippen molar-refractivity contribution in [3.63, 3.8) is 0 Å². The first-order valence-corrected chi connectivity index (χ1v) is 10.5. The molecule has 0 aliphatic rings. The Morgan fingerprint density at radius 1 is 1.16 bits per heavy atom.